The molecule has 1 aliphatic heterocycles. The van der Waals surface area contributed by atoms with Crippen molar-refractivity contribution in [3.8, 4) is 12.3 Å². The van der Waals surface area contributed by atoms with E-state index >= 15 is 0 Å². The number of piperazine rings is 1. The van der Waals surface area contributed by atoms with E-state index in [-0.39, 0.29) is 11.4 Å². The lowest BCUT2D eigenvalue weighted by Gasteiger charge is -2.41. The van der Waals surface area contributed by atoms with Gasteiger partial charge in [0, 0.05) is 33.1 Å². The predicted octanol–water partition coefficient (Wildman–Crippen LogP) is 0.562. The van der Waals surface area contributed by atoms with Gasteiger partial charge >= 0.3 is 0 Å². The van der Waals surface area contributed by atoms with Gasteiger partial charge in [0.05, 0.1) is 5.54 Å². The molecule has 0 bridgehead atoms. The van der Waals surface area contributed by atoms with E-state index in [0.717, 1.165) is 26.2 Å². The van der Waals surface area contributed by atoms with E-state index in [1.54, 1.807) is 6.92 Å². The Balaban J connectivity index is 2.52. The Morgan fingerprint density at radius 1 is 1.29 bits per heavy atom. The van der Waals surface area contributed by atoms with Gasteiger partial charge in [-0.25, -0.2) is 0 Å². The van der Waals surface area contributed by atoms with Crippen LogP contribution in [0.5, 0.6) is 0 Å². The molecule has 1 aliphatic rings. The zero-order valence-corrected chi connectivity index (χ0v) is 9.21. The highest BCUT2D eigenvalue weighted by atomic mass is 16.2. The quantitative estimate of drug-likeness (QED) is 0.570. The van der Waals surface area contributed by atoms with Gasteiger partial charge in [-0.1, -0.05) is 5.92 Å². The Labute approximate surface area is 86.1 Å². The molecule has 1 fully saturated rings. The van der Waals surface area contributed by atoms with Crippen LogP contribution in [0.4, 0.5) is 0 Å². The molecule has 1 amide bonds. The topological polar surface area (TPSA) is 23.6 Å². The molecule has 0 saturated carbocycles. The Kier molecular flexibility index (Phi) is 3.17. The highest BCUT2D eigenvalue weighted by Crippen LogP contribution is 2.15. The summed E-state index contributed by atoms with van der Waals surface area (Å²) >= 11 is 0. The molecule has 0 aliphatic carbocycles. The van der Waals surface area contributed by atoms with Crippen molar-refractivity contribution in [1.29, 1.82) is 0 Å². The van der Waals surface area contributed by atoms with Gasteiger partial charge in [-0.3, -0.25) is 9.69 Å². The molecule has 3 heteroatoms. The first kappa shape index (κ1) is 11.1. The summed E-state index contributed by atoms with van der Waals surface area (Å²) in [4.78, 5) is 15.2. The molecule has 78 valence electrons. The van der Waals surface area contributed by atoms with Crippen molar-refractivity contribution in [3.05, 3.63) is 0 Å². The number of nitrogens with zero attached hydrogens (tertiary/aromatic N) is 2. The van der Waals surface area contributed by atoms with E-state index in [2.05, 4.69) is 10.8 Å². The van der Waals surface area contributed by atoms with Crippen molar-refractivity contribution >= 4 is 5.91 Å². The van der Waals surface area contributed by atoms with Crippen LogP contribution < -0.4 is 0 Å². The first-order chi connectivity index (χ1) is 6.47. The third-order valence-corrected chi connectivity index (χ3v) is 2.87. The molecule has 0 aromatic carbocycles. The number of carbonyl (C=O) groups excluding carboxylic acids is 1. The van der Waals surface area contributed by atoms with E-state index in [0.29, 0.717) is 0 Å². The fourth-order valence-electron chi connectivity index (χ4n) is 1.67. The lowest BCUT2D eigenvalue weighted by Crippen LogP contribution is -2.54. The number of amides is 1. The lowest BCUT2D eigenvalue weighted by atomic mass is 10.0. The minimum absolute atomic E-state index is 0.156. The summed E-state index contributed by atoms with van der Waals surface area (Å²) in [6.45, 7) is 9.02. The maximum atomic E-state index is 11.1. The number of rotatable bonds is 1. The van der Waals surface area contributed by atoms with E-state index in [1.165, 1.54) is 0 Å². The third-order valence-electron chi connectivity index (χ3n) is 2.87. The minimum Gasteiger partial charge on any atom is -0.340 e. The van der Waals surface area contributed by atoms with E-state index in [4.69, 9.17) is 6.42 Å². The van der Waals surface area contributed by atoms with Gasteiger partial charge in [-0.2, -0.15) is 0 Å². The van der Waals surface area contributed by atoms with Gasteiger partial charge in [0.2, 0.25) is 5.91 Å². The monoisotopic (exact) mass is 194 g/mol. The normalized spacial score (nSPS) is 19.1. The standard InChI is InChI=1S/C11H18N2O/c1-5-11(3,4)13-8-6-12(7-9-13)10(2)14/h1H,6-9H2,2-4H3. The van der Waals surface area contributed by atoms with E-state index in [1.807, 2.05) is 18.7 Å². The second kappa shape index (κ2) is 4.02. The third kappa shape index (κ3) is 2.27. The first-order valence-corrected chi connectivity index (χ1v) is 4.95. The molecule has 14 heavy (non-hydrogen) atoms. The van der Waals surface area contributed by atoms with Crippen LogP contribution in [0.3, 0.4) is 0 Å². The molecular formula is C11H18N2O. The van der Waals surface area contributed by atoms with Crippen LogP contribution in [0.25, 0.3) is 0 Å². The predicted molar refractivity (Wildman–Crippen MR) is 56.7 cm³/mol. The Hall–Kier alpha value is -1.01. The lowest BCUT2D eigenvalue weighted by molar-refractivity contribution is -0.131. The van der Waals surface area contributed by atoms with E-state index in [9.17, 15) is 4.79 Å². The summed E-state index contributed by atoms with van der Waals surface area (Å²) in [6, 6.07) is 0. The van der Waals surface area contributed by atoms with Crippen molar-refractivity contribution < 1.29 is 4.79 Å². The highest BCUT2D eigenvalue weighted by Gasteiger charge is 2.28. The van der Waals surface area contributed by atoms with Crippen LogP contribution in [0.1, 0.15) is 20.8 Å². The van der Waals surface area contributed by atoms with Crippen LogP contribution in [0.2, 0.25) is 0 Å². The SMILES string of the molecule is C#CC(C)(C)N1CCN(C(C)=O)CC1. The molecule has 0 atom stereocenters. The first-order valence-electron chi connectivity index (χ1n) is 4.95. The van der Waals surface area contributed by atoms with Gasteiger partial charge in [0.1, 0.15) is 0 Å². The molecule has 0 aromatic heterocycles. The summed E-state index contributed by atoms with van der Waals surface area (Å²) in [5.41, 5.74) is -0.192. The Bertz CT molecular complexity index is 257. The molecule has 1 saturated heterocycles. The van der Waals surface area contributed by atoms with Crippen molar-refractivity contribution in [2.75, 3.05) is 26.2 Å². The maximum absolute atomic E-state index is 11.1. The fraction of sp³-hybridized carbons (Fsp3) is 0.727. The van der Waals surface area contributed by atoms with Crippen molar-refractivity contribution in [3.63, 3.8) is 0 Å². The average molecular weight is 194 g/mol. The molecule has 1 rings (SSSR count). The Morgan fingerprint density at radius 2 is 1.79 bits per heavy atom. The summed E-state index contributed by atoms with van der Waals surface area (Å²) < 4.78 is 0. The summed E-state index contributed by atoms with van der Waals surface area (Å²) in [6.07, 6.45) is 5.46. The molecule has 0 N–H and O–H groups in total. The maximum Gasteiger partial charge on any atom is 0.219 e. The molecule has 0 spiro atoms. The summed E-state index contributed by atoms with van der Waals surface area (Å²) in [5.74, 6) is 2.93. The van der Waals surface area contributed by atoms with Crippen LogP contribution in [-0.4, -0.2) is 47.4 Å². The minimum atomic E-state index is -0.192. The van der Waals surface area contributed by atoms with Gasteiger partial charge in [-0.15, -0.1) is 6.42 Å². The van der Waals surface area contributed by atoms with Crippen LogP contribution in [0.15, 0.2) is 0 Å². The van der Waals surface area contributed by atoms with Gasteiger partial charge in [-0.05, 0) is 13.8 Å². The van der Waals surface area contributed by atoms with Gasteiger partial charge < -0.3 is 4.90 Å². The molecule has 0 radical (unpaired) electrons. The highest BCUT2D eigenvalue weighted by molar-refractivity contribution is 5.73. The zero-order chi connectivity index (χ0) is 10.8. The van der Waals surface area contributed by atoms with Gasteiger partial charge in [0.25, 0.3) is 0 Å². The summed E-state index contributed by atoms with van der Waals surface area (Å²) in [5, 5.41) is 0. The second-order valence-electron chi connectivity index (χ2n) is 4.20. The average Bonchev–Trinajstić information content (AvgIpc) is 2.18. The molecule has 1 heterocycles. The second-order valence-corrected chi connectivity index (χ2v) is 4.20. The van der Waals surface area contributed by atoms with Crippen LogP contribution >= 0.6 is 0 Å². The number of carbonyl (C=O) groups is 1. The zero-order valence-electron chi connectivity index (χ0n) is 9.21. The number of hydrogen-bond donors (Lipinski definition) is 0. The van der Waals surface area contributed by atoms with Crippen molar-refractivity contribution in [1.82, 2.24) is 9.80 Å². The van der Waals surface area contributed by atoms with Crippen molar-refractivity contribution in [2.24, 2.45) is 0 Å². The molecular weight excluding hydrogens is 176 g/mol. The largest absolute Gasteiger partial charge is 0.340 e. The molecule has 0 aromatic rings. The smallest absolute Gasteiger partial charge is 0.219 e. The summed E-state index contributed by atoms with van der Waals surface area (Å²) in [7, 11) is 0. The number of terminal acetylenes is 1. The van der Waals surface area contributed by atoms with Crippen LogP contribution in [-0.2, 0) is 4.79 Å². The van der Waals surface area contributed by atoms with Crippen LogP contribution in [0, 0.1) is 12.3 Å². The van der Waals surface area contributed by atoms with E-state index < -0.39 is 0 Å². The molecule has 0 unspecified atom stereocenters. The molecule has 3 nitrogen and oxygen atoms in total. The number of hydrogen-bond acceptors (Lipinski definition) is 2. The Morgan fingerprint density at radius 3 is 2.14 bits per heavy atom. The fourth-order valence-corrected chi connectivity index (χ4v) is 1.67. The van der Waals surface area contributed by atoms with Crippen molar-refractivity contribution in [2.45, 2.75) is 26.3 Å². The van der Waals surface area contributed by atoms with Gasteiger partial charge in [0.15, 0.2) is 0 Å².